The standard InChI is InChI=1S/C15H33BN4O6S/c1-4-20(13(8-17)11(2)3)27(25,26)19-9-12(6-5-7-16(23)24)15(18,10-19)14(21)22/h11-13,23-24H,4-10,17-18H2,1-3H3,(H,21,22)/t12-,13-,15-/m0/s1. The number of hydrogen-bond donors (Lipinski definition) is 5. The molecular weight excluding hydrogens is 375 g/mol. The van der Waals surface area contributed by atoms with Crippen molar-refractivity contribution >= 4 is 23.3 Å². The molecule has 0 unspecified atom stereocenters. The van der Waals surface area contributed by atoms with Crippen LogP contribution >= 0.6 is 0 Å². The van der Waals surface area contributed by atoms with Gasteiger partial charge in [-0.3, -0.25) is 4.79 Å². The van der Waals surface area contributed by atoms with E-state index in [1.54, 1.807) is 6.92 Å². The van der Waals surface area contributed by atoms with Gasteiger partial charge in [-0.1, -0.05) is 27.2 Å². The van der Waals surface area contributed by atoms with Crippen molar-refractivity contribution in [2.24, 2.45) is 23.3 Å². The Kier molecular flexibility index (Phi) is 8.67. The van der Waals surface area contributed by atoms with Gasteiger partial charge in [-0.05, 0) is 18.7 Å². The van der Waals surface area contributed by atoms with E-state index in [9.17, 15) is 18.3 Å². The highest BCUT2D eigenvalue weighted by atomic mass is 32.2. The third-order valence-corrected chi connectivity index (χ3v) is 7.37. The third kappa shape index (κ3) is 5.40. The summed E-state index contributed by atoms with van der Waals surface area (Å²) < 4.78 is 28.8. The smallest absolute Gasteiger partial charge is 0.451 e. The van der Waals surface area contributed by atoms with Gasteiger partial charge in [0.2, 0.25) is 0 Å². The second kappa shape index (κ2) is 9.63. The van der Waals surface area contributed by atoms with Crippen LogP contribution in [0.4, 0.5) is 0 Å². The van der Waals surface area contributed by atoms with Gasteiger partial charge in [0.05, 0.1) is 0 Å². The Hall–Kier alpha value is -0.755. The van der Waals surface area contributed by atoms with E-state index in [0.29, 0.717) is 6.42 Å². The molecule has 0 spiro atoms. The first kappa shape index (κ1) is 24.3. The van der Waals surface area contributed by atoms with Gasteiger partial charge >= 0.3 is 13.1 Å². The summed E-state index contributed by atoms with van der Waals surface area (Å²) in [6, 6.07) is -0.402. The number of aliphatic carboxylic acids is 1. The minimum absolute atomic E-state index is 0.00345. The molecule has 1 fully saturated rings. The fourth-order valence-corrected chi connectivity index (χ4v) is 5.69. The molecule has 1 heterocycles. The largest absolute Gasteiger partial charge is 0.480 e. The van der Waals surface area contributed by atoms with E-state index in [0.717, 1.165) is 4.31 Å². The quantitative estimate of drug-likeness (QED) is 0.257. The number of nitrogens with zero attached hydrogens (tertiary/aromatic N) is 2. The van der Waals surface area contributed by atoms with Crippen molar-refractivity contribution in [3.63, 3.8) is 0 Å². The Morgan fingerprint density at radius 1 is 1.41 bits per heavy atom. The molecule has 1 aliphatic rings. The zero-order chi connectivity index (χ0) is 21.0. The minimum Gasteiger partial charge on any atom is -0.480 e. The number of likely N-dealkylation sites (N-methyl/N-ethyl adjacent to an activating group) is 1. The van der Waals surface area contributed by atoms with Gasteiger partial charge in [-0.25, -0.2) is 0 Å². The molecule has 0 amide bonds. The second-order valence-corrected chi connectivity index (χ2v) is 9.39. The summed E-state index contributed by atoms with van der Waals surface area (Å²) in [5.41, 5.74) is 10.1. The van der Waals surface area contributed by atoms with Crippen molar-refractivity contribution in [3.05, 3.63) is 0 Å². The molecule has 0 aromatic carbocycles. The SMILES string of the molecule is CCN([C@@H](CN)C(C)C)S(=O)(=O)N1C[C@H](CCCB(O)O)[C@](N)(C(=O)O)C1. The summed E-state index contributed by atoms with van der Waals surface area (Å²) in [5.74, 6) is -1.90. The maximum absolute atomic E-state index is 13.2. The third-order valence-electron chi connectivity index (χ3n) is 5.32. The lowest BCUT2D eigenvalue weighted by molar-refractivity contribution is -0.144. The van der Waals surface area contributed by atoms with Gasteiger partial charge in [0, 0.05) is 38.1 Å². The number of nitrogens with two attached hydrogens (primary N) is 2. The predicted octanol–water partition coefficient (Wildman–Crippen LogP) is -1.50. The minimum atomic E-state index is -3.94. The summed E-state index contributed by atoms with van der Waals surface area (Å²) in [7, 11) is -5.43. The number of carboxylic acids is 1. The van der Waals surface area contributed by atoms with Crippen LogP contribution < -0.4 is 11.5 Å². The van der Waals surface area contributed by atoms with Crippen LogP contribution in [0.25, 0.3) is 0 Å². The Balaban J connectivity index is 3.09. The van der Waals surface area contributed by atoms with Crippen LogP contribution in [0.2, 0.25) is 6.32 Å². The van der Waals surface area contributed by atoms with Crippen LogP contribution in [0, 0.1) is 11.8 Å². The van der Waals surface area contributed by atoms with Gasteiger partial charge in [0.25, 0.3) is 10.2 Å². The van der Waals surface area contributed by atoms with Crippen LogP contribution in [0.15, 0.2) is 0 Å². The molecule has 27 heavy (non-hydrogen) atoms. The Morgan fingerprint density at radius 2 is 2.00 bits per heavy atom. The molecule has 3 atom stereocenters. The molecule has 1 saturated heterocycles. The van der Waals surface area contributed by atoms with Crippen molar-refractivity contribution < 1.29 is 28.4 Å². The van der Waals surface area contributed by atoms with Crippen molar-refractivity contribution in [1.29, 1.82) is 0 Å². The average molecular weight is 408 g/mol. The molecule has 1 rings (SSSR count). The lowest BCUT2D eigenvalue weighted by Crippen LogP contribution is -2.56. The summed E-state index contributed by atoms with van der Waals surface area (Å²) >= 11 is 0. The van der Waals surface area contributed by atoms with Crippen LogP contribution in [-0.2, 0) is 15.0 Å². The summed E-state index contributed by atoms with van der Waals surface area (Å²) in [5, 5.41) is 27.5. The van der Waals surface area contributed by atoms with Crippen LogP contribution in [0.3, 0.4) is 0 Å². The average Bonchev–Trinajstić information content (AvgIpc) is 2.90. The van der Waals surface area contributed by atoms with E-state index in [1.165, 1.54) is 4.31 Å². The summed E-state index contributed by atoms with van der Waals surface area (Å²) in [4.78, 5) is 11.8. The van der Waals surface area contributed by atoms with E-state index >= 15 is 0 Å². The first-order chi connectivity index (χ1) is 12.4. The molecule has 1 aliphatic heterocycles. The van der Waals surface area contributed by atoms with Gasteiger partial charge in [-0.2, -0.15) is 17.0 Å². The molecule has 7 N–H and O–H groups in total. The first-order valence-electron chi connectivity index (χ1n) is 9.27. The van der Waals surface area contributed by atoms with E-state index in [4.69, 9.17) is 21.5 Å². The summed E-state index contributed by atoms with van der Waals surface area (Å²) in [6.07, 6.45) is 0.684. The monoisotopic (exact) mass is 408 g/mol. The molecule has 0 bridgehead atoms. The van der Waals surface area contributed by atoms with Gasteiger partial charge in [0.15, 0.2) is 0 Å². The molecule has 0 aliphatic carbocycles. The lowest BCUT2D eigenvalue weighted by atomic mass is 9.78. The normalized spacial score (nSPS) is 25.3. The molecular formula is C15H33BN4O6S. The van der Waals surface area contributed by atoms with Gasteiger partial charge in [-0.15, -0.1) is 0 Å². The van der Waals surface area contributed by atoms with Crippen molar-refractivity contribution in [1.82, 2.24) is 8.61 Å². The highest BCUT2D eigenvalue weighted by Crippen LogP contribution is 2.33. The molecule has 0 saturated carbocycles. The van der Waals surface area contributed by atoms with Crippen LogP contribution in [0.5, 0.6) is 0 Å². The molecule has 0 aromatic heterocycles. The number of carbonyl (C=O) groups is 1. The number of carboxylic acid groups (broad SMARTS) is 1. The maximum Gasteiger partial charge on any atom is 0.451 e. The Labute approximate surface area is 161 Å². The summed E-state index contributed by atoms with van der Waals surface area (Å²) in [6.45, 7) is 5.49. The Bertz CT molecular complexity index is 605. The lowest BCUT2D eigenvalue weighted by Gasteiger charge is -2.34. The van der Waals surface area contributed by atoms with Crippen LogP contribution in [-0.4, -0.2) is 83.0 Å². The van der Waals surface area contributed by atoms with E-state index < -0.39 is 40.8 Å². The van der Waals surface area contributed by atoms with Crippen molar-refractivity contribution in [2.75, 3.05) is 26.2 Å². The second-order valence-electron chi connectivity index (χ2n) is 7.50. The van der Waals surface area contributed by atoms with Crippen LogP contribution in [0.1, 0.15) is 33.6 Å². The molecule has 0 radical (unpaired) electrons. The number of rotatable bonds is 11. The maximum atomic E-state index is 13.2. The molecule has 0 aromatic rings. The zero-order valence-electron chi connectivity index (χ0n) is 16.3. The molecule has 158 valence electrons. The van der Waals surface area contributed by atoms with E-state index in [-0.39, 0.29) is 44.8 Å². The van der Waals surface area contributed by atoms with Gasteiger partial charge in [0.1, 0.15) is 5.54 Å². The Morgan fingerprint density at radius 3 is 2.41 bits per heavy atom. The van der Waals surface area contributed by atoms with Gasteiger partial charge < -0.3 is 26.6 Å². The highest BCUT2D eigenvalue weighted by molar-refractivity contribution is 7.86. The highest BCUT2D eigenvalue weighted by Gasteiger charge is 2.53. The zero-order valence-corrected chi connectivity index (χ0v) is 17.1. The molecule has 12 heteroatoms. The predicted molar refractivity (Wildman–Crippen MR) is 103 cm³/mol. The van der Waals surface area contributed by atoms with E-state index in [1.807, 2.05) is 13.8 Å². The number of hydrogen-bond acceptors (Lipinski definition) is 7. The molecule has 10 nitrogen and oxygen atoms in total. The fraction of sp³-hybridized carbons (Fsp3) is 0.933. The van der Waals surface area contributed by atoms with E-state index in [2.05, 4.69) is 0 Å². The topological polar surface area (TPSA) is 170 Å². The van der Waals surface area contributed by atoms with Crippen molar-refractivity contribution in [2.45, 2.75) is 51.5 Å². The van der Waals surface area contributed by atoms with Crippen molar-refractivity contribution in [3.8, 4) is 0 Å². The first-order valence-corrected chi connectivity index (χ1v) is 10.7. The fourth-order valence-electron chi connectivity index (χ4n) is 3.65.